The average molecular weight is 267 g/mol. The van der Waals surface area contributed by atoms with Gasteiger partial charge in [0.2, 0.25) is 0 Å². The minimum absolute atomic E-state index is 0.244. The van der Waals surface area contributed by atoms with Crippen molar-refractivity contribution in [2.45, 2.75) is 12.6 Å². The highest BCUT2D eigenvalue weighted by Gasteiger charge is 2.11. The van der Waals surface area contributed by atoms with E-state index in [1.165, 1.54) is 0 Å². The number of aromatic amines is 1. The molecule has 3 rings (SSSR count). The van der Waals surface area contributed by atoms with E-state index in [0.29, 0.717) is 13.2 Å². The molecule has 20 heavy (non-hydrogen) atoms. The number of hydrogen-bond acceptors (Lipinski definition) is 3. The number of fused-ring (bicyclic) bond motifs is 1. The predicted molar refractivity (Wildman–Crippen MR) is 79.1 cm³/mol. The zero-order chi connectivity index (χ0) is 13.8. The maximum Gasteiger partial charge on any atom is 0.126 e. The van der Waals surface area contributed by atoms with Crippen LogP contribution in [0.15, 0.2) is 54.6 Å². The third kappa shape index (κ3) is 2.87. The molecule has 2 aromatic carbocycles. The lowest BCUT2D eigenvalue weighted by molar-refractivity contribution is 0.106. The lowest BCUT2D eigenvalue weighted by atomic mass is 10.2. The fourth-order valence-electron chi connectivity index (χ4n) is 2.11. The first-order chi connectivity index (χ1) is 9.83. The molecule has 4 nitrogen and oxygen atoms in total. The first kappa shape index (κ1) is 12.8. The predicted octanol–water partition coefficient (Wildman–Crippen LogP) is 2.78. The Labute approximate surface area is 117 Å². The van der Waals surface area contributed by atoms with Gasteiger partial charge in [0, 0.05) is 0 Å². The third-order valence-electron chi connectivity index (χ3n) is 3.17. The quantitative estimate of drug-likeness (QED) is 0.747. The van der Waals surface area contributed by atoms with Gasteiger partial charge in [-0.15, -0.1) is 0 Å². The second kappa shape index (κ2) is 5.86. The van der Waals surface area contributed by atoms with Crippen LogP contribution in [0.1, 0.15) is 17.4 Å². The Kier molecular flexibility index (Phi) is 3.76. The van der Waals surface area contributed by atoms with Crippen LogP contribution in [0.2, 0.25) is 0 Å². The summed E-state index contributed by atoms with van der Waals surface area (Å²) in [4.78, 5) is 7.71. The van der Waals surface area contributed by atoms with Gasteiger partial charge in [-0.05, 0) is 17.7 Å². The monoisotopic (exact) mass is 267 g/mol. The highest BCUT2D eigenvalue weighted by atomic mass is 16.5. The number of H-pyrrole nitrogens is 1. The average Bonchev–Trinajstić information content (AvgIpc) is 2.92. The van der Waals surface area contributed by atoms with Crippen LogP contribution in [0.5, 0.6) is 0 Å². The number of rotatable bonds is 5. The van der Waals surface area contributed by atoms with Crippen LogP contribution in [0.3, 0.4) is 0 Å². The van der Waals surface area contributed by atoms with E-state index in [-0.39, 0.29) is 6.04 Å². The van der Waals surface area contributed by atoms with Gasteiger partial charge in [0.05, 0.1) is 30.3 Å². The van der Waals surface area contributed by atoms with Crippen molar-refractivity contribution in [1.29, 1.82) is 0 Å². The first-order valence-electron chi connectivity index (χ1n) is 6.65. The summed E-state index contributed by atoms with van der Waals surface area (Å²) < 4.78 is 5.65. The van der Waals surface area contributed by atoms with E-state index < -0.39 is 0 Å². The highest BCUT2D eigenvalue weighted by molar-refractivity contribution is 5.74. The Morgan fingerprint density at radius 1 is 1.05 bits per heavy atom. The van der Waals surface area contributed by atoms with Gasteiger partial charge in [-0.1, -0.05) is 42.5 Å². The Morgan fingerprint density at radius 3 is 2.60 bits per heavy atom. The van der Waals surface area contributed by atoms with Gasteiger partial charge in [-0.2, -0.15) is 0 Å². The number of para-hydroxylation sites is 2. The molecule has 102 valence electrons. The fourth-order valence-corrected chi connectivity index (χ4v) is 2.11. The zero-order valence-electron chi connectivity index (χ0n) is 11.1. The molecule has 0 aliphatic rings. The van der Waals surface area contributed by atoms with E-state index in [4.69, 9.17) is 10.5 Å². The standard InChI is InChI=1S/C16H17N3O/c17-13(11-20-10-12-6-2-1-3-7-12)16-18-14-8-4-5-9-15(14)19-16/h1-9,13H,10-11,17H2,(H,18,19)/t13-/m1/s1. The molecule has 0 saturated heterocycles. The molecule has 0 fully saturated rings. The smallest absolute Gasteiger partial charge is 0.126 e. The van der Waals surface area contributed by atoms with Crippen molar-refractivity contribution in [3.05, 3.63) is 66.0 Å². The normalized spacial score (nSPS) is 12.7. The summed E-state index contributed by atoms with van der Waals surface area (Å²) in [6, 6.07) is 17.7. The summed E-state index contributed by atoms with van der Waals surface area (Å²) in [6.07, 6.45) is 0. The molecular weight excluding hydrogens is 250 g/mol. The SMILES string of the molecule is N[C@H](COCc1ccccc1)c1nc2ccccc2[nH]1. The van der Waals surface area contributed by atoms with E-state index in [1.54, 1.807) is 0 Å². The second-order valence-corrected chi connectivity index (χ2v) is 4.75. The van der Waals surface area contributed by atoms with Crippen LogP contribution >= 0.6 is 0 Å². The molecule has 0 amide bonds. The minimum atomic E-state index is -0.244. The van der Waals surface area contributed by atoms with Crippen molar-refractivity contribution >= 4 is 11.0 Å². The molecule has 4 heteroatoms. The first-order valence-corrected chi connectivity index (χ1v) is 6.65. The Morgan fingerprint density at radius 2 is 1.80 bits per heavy atom. The van der Waals surface area contributed by atoms with Crippen LogP contribution in [0, 0.1) is 0 Å². The van der Waals surface area contributed by atoms with Crippen molar-refractivity contribution < 1.29 is 4.74 Å². The topological polar surface area (TPSA) is 63.9 Å². The maximum absolute atomic E-state index is 6.10. The van der Waals surface area contributed by atoms with Crippen molar-refractivity contribution in [1.82, 2.24) is 9.97 Å². The van der Waals surface area contributed by atoms with Crippen LogP contribution in [-0.4, -0.2) is 16.6 Å². The van der Waals surface area contributed by atoms with Gasteiger partial charge in [0.25, 0.3) is 0 Å². The molecule has 0 unspecified atom stereocenters. The number of hydrogen-bond donors (Lipinski definition) is 2. The molecule has 0 bridgehead atoms. The number of nitrogens with zero attached hydrogens (tertiary/aromatic N) is 1. The number of benzene rings is 2. The molecule has 0 aliphatic carbocycles. The molecule has 1 heterocycles. The van der Waals surface area contributed by atoms with E-state index in [0.717, 1.165) is 22.4 Å². The molecule has 3 aromatic rings. The van der Waals surface area contributed by atoms with Crippen LogP contribution in [0.4, 0.5) is 0 Å². The fraction of sp³-hybridized carbons (Fsp3) is 0.188. The lowest BCUT2D eigenvalue weighted by Gasteiger charge is -2.09. The molecular formula is C16H17N3O. The number of ether oxygens (including phenoxy) is 1. The zero-order valence-corrected chi connectivity index (χ0v) is 11.1. The van der Waals surface area contributed by atoms with Gasteiger partial charge in [0.15, 0.2) is 0 Å². The summed E-state index contributed by atoms with van der Waals surface area (Å²) in [7, 11) is 0. The summed E-state index contributed by atoms with van der Waals surface area (Å²) in [5.74, 6) is 0.763. The summed E-state index contributed by atoms with van der Waals surface area (Å²) in [5, 5.41) is 0. The van der Waals surface area contributed by atoms with Crippen LogP contribution in [0.25, 0.3) is 11.0 Å². The largest absolute Gasteiger partial charge is 0.375 e. The minimum Gasteiger partial charge on any atom is -0.375 e. The van der Waals surface area contributed by atoms with Crippen LogP contribution < -0.4 is 5.73 Å². The molecule has 0 saturated carbocycles. The Bertz CT molecular complexity index is 645. The third-order valence-corrected chi connectivity index (χ3v) is 3.17. The Balaban J connectivity index is 1.60. The number of imidazole rings is 1. The van der Waals surface area contributed by atoms with E-state index in [2.05, 4.69) is 9.97 Å². The summed E-state index contributed by atoms with van der Waals surface area (Å²) in [5.41, 5.74) is 9.18. The van der Waals surface area contributed by atoms with Crippen molar-refractivity contribution in [2.24, 2.45) is 5.73 Å². The molecule has 0 radical (unpaired) electrons. The number of nitrogens with two attached hydrogens (primary N) is 1. The second-order valence-electron chi connectivity index (χ2n) is 4.75. The van der Waals surface area contributed by atoms with E-state index in [1.807, 2.05) is 54.6 Å². The van der Waals surface area contributed by atoms with Crippen molar-refractivity contribution in [3.8, 4) is 0 Å². The van der Waals surface area contributed by atoms with Gasteiger partial charge in [-0.25, -0.2) is 4.98 Å². The van der Waals surface area contributed by atoms with Gasteiger partial charge in [0.1, 0.15) is 5.82 Å². The molecule has 0 spiro atoms. The van der Waals surface area contributed by atoms with Crippen molar-refractivity contribution in [3.63, 3.8) is 0 Å². The van der Waals surface area contributed by atoms with Gasteiger partial charge in [-0.3, -0.25) is 0 Å². The summed E-state index contributed by atoms with van der Waals surface area (Å²) in [6.45, 7) is 1.00. The van der Waals surface area contributed by atoms with Gasteiger partial charge < -0.3 is 15.5 Å². The highest BCUT2D eigenvalue weighted by Crippen LogP contribution is 2.15. The molecule has 3 N–H and O–H groups in total. The number of nitrogens with one attached hydrogen (secondary N) is 1. The van der Waals surface area contributed by atoms with Gasteiger partial charge >= 0.3 is 0 Å². The van der Waals surface area contributed by atoms with Crippen molar-refractivity contribution in [2.75, 3.05) is 6.61 Å². The molecule has 0 aliphatic heterocycles. The van der Waals surface area contributed by atoms with E-state index >= 15 is 0 Å². The number of aromatic nitrogens is 2. The molecule has 1 atom stereocenters. The lowest BCUT2D eigenvalue weighted by Crippen LogP contribution is -2.18. The van der Waals surface area contributed by atoms with Crippen LogP contribution in [-0.2, 0) is 11.3 Å². The Hall–Kier alpha value is -2.17. The molecule has 1 aromatic heterocycles. The summed E-state index contributed by atoms with van der Waals surface area (Å²) >= 11 is 0. The maximum atomic E-state index is 6.10. The van der Waals surface area contributed by atoms with E-state index in [9.17, 15) is 0 Å².